The van der Waals surface area contributed by atoms with Crippen molar-refractivity contribution in [1.82, 2.24) is 0 Å². The van der Waals surface area contributed by atoms with Gasteiger partial charge in [0.1, 0.15) is 0 Å². The van der Waals surface area contributed by atoms with Crippen molar-refractivity contribution >= 4 is 15.9 Å². The molecular weight excluding hydrogens is 292 g/mol. The lowest BCUT2D eigenvalue weighted by atomic mass is 9.94. The average Bonchev–Trinajstić information content (AvgIpc) is 2.39. The third-order valence-corrected chi connectivity index (χ3v) is 3.79. The molecule has 0 aromatic heterocycles. The molecule has 2 atom stereocenters. The lowest BCUT2D eigenvalue weighted by Gasteiger charge is -2.29. The SMILES string of the molecule is OC1OC(c2ccc(Br)cc2)Cc2ccccc21. The summed E-state index contributed by atoms with van der Waals surface area (Å²) in [4.78, 5) is 0. The summed E-state index contributed by atoms with van der Waals surface area (Å²) in [5.74, 6) is 0. The van der Waals surface area contributed by atoms with Gasteiger partial charge in [-0.2, -0.15) is 0 Å². The number of hydrogen-bond donors (Lipinski definition) is 1. The Morgan fingerprint density at radius 3 is 2.56 bits per heavy atom. The quantitative estimate of drug-likeness (QED) is 0.869. The molecule has 0 bridgehead atoms. The van der Waals surface area contributed by atoms with Gasteiger partial charge in [-0.25, -0.2) is 0 Å². The summed E-state index contributed by atoms with van der Waals surface area (Å²) < 4.78 is 6.72. The van der Waals surface area contributed by atoms with Crippen LogP contribution in [0.4, 0.5) is 0 Å². The number of ether oxygens (including phenoxy) is 1. The smallest absolute Gasteiger partial charge is 0.182 e. The minimum Gasteiger partial charge on any atom is -0.364 e. The van der Waals surface area contributed by atoms with Gasteiger partial charge in [0.05, 0.1) is 6.10 Å². The molecule has 2 aromatic rings. The molecule has 0 spiro atoms. The van der Waals surface area contributed by atoms with Gasteiger partial charge in [0.2, 0.25) is 0 Å². The average molecular weight is 305 g/mol. The first kappa shape index (κ1) is 11.9. The summed E-state index contributed by atoms with van der Waals surface area (Å²) in [5.41, 5.74) is 3.13. The number of fused-ring (bicyclic) bond motifs is 1. The van der Waals surface area contributed by atoms with E-state index in [4.69, 9.17) is 4.74 Å². The first-order valence-electron chi connectivity index (χ1n) is 5.91. The number of aliphatic hydroxyl groups is 1. The lowest BCUT2D eigenvalue weighted by Crippen LogP contribution is -2.20. The van der Waals surface area contributed by atoms with E-state index in [-0.39, 0.29) is 6.10 Å². The second-order valence-corrected chi connectivity index (χ2v) is 5.35. The van der Waals surface area contributed by atoms with Gasteiger partial charge in [-0.15, -0.1) is 0 Å². The van der Waals surface area contributed by atoms with E-state index in [2.05, 4.69) is 15.9 Å². The number of aliphatic hydroxyl groups excluding tert-OH is 1. The maximum atomic E-state index is 10.0. The van der Waals surface area contributed by atoms with Crippen LogP contribution in [0.3, 0.4) is 0 Å². The van der Waals surface area contributed by atoms with Crippen molar-refractivity contribution < 1.29 is 9.84 Å². The zero-order valence-electron chi connectivity index (χ0n) is 9.71. The van der Waals surface area contributed by atoms with Crippen molar-refractivity contribution in [3.05, 3.63) is 69.7 Å². The van der Waals surface area contributed by atoms with Gasteiger partial charge in [-0.3, -0.25) is 0 Å². The fourth-order valence-electron chi connectivity index (χ4n) is 2.31. The normalized spacial score (nSPS) is 22.6. The van der Waals surface area contributed by atoms with Crippen LogP contribution >= 0.6 is 15.9 Å². The van der Waals surface area contributed by atoms with Gasteiger partial charge < -0.3 is 9.84 Å². The highest BCUT2D eigenvalue weighted by molar-refractivity contribution is 9.10. The molecule has 18 heavy (non-hydrogen) atoms. The molecule has 1 heterocycles. The summed E-state index contributed by atoms with van der Waals surface area (Å²) in [7, 11) is 0. The van der Waals surface area contributed by atoms with E-state index >= 15 is 0 Å². The van der Waals surface area contributed by atoms with Crippen LogP contribution in [0.2, 0.25) is 0 Å². The predicted octanol–water partition coefficient (Wildman–Crippen LogP) is 3.75. The van der Waals surface area contributed by atoms with Crippen molar-refractivity contribution in [2.75, 3.05) is 0 Å². The molecule has 1 aliphatic rings. The van der Waals surface area contributed by atoms with Crippen molar-refractivity contribution in [2.24, 2.45) is 0 Å². The Labute approximate surface area is 114 Å². The zero-order chi connectivity index (χ0) is 12.5. The molecule has 0 aliphatic carbocycles. The Morgan fingerprint density at radius 1 is 1.06 bits per heavy atom. The highest BCUT2D eigenvalue weighted by Crippen LogP contribution is 2.36. The molecule has 0 saturated carbocycles. The molecular formula is C15H13BrO2. The second kappa shape index (κ2) is 4.84. The fraction of sp³-hybridized carbons (Fsp3) is 0.200. The van der Waals surface area contributed by atoms with Crippen LogP contribution in [-0.4, -0.2) is 5.11 Å². The molecule has 1 aliphatic heterocycles. The molecule has 0 saturated heterocycles. The molecule has 2 aromatic carbocycles. The van der Waals surface area contributed by atoms with Crippen LogP contribution in [0.15, 0.2) is 53.0 Å². The molecule has 0 radical (unpaired) electrons. The van der Waals surface area contributed by atoms with E-state index < -0.39 is 6.29 Å². The van der Waals surface area contributed by atoms with Crippen molar-refractivity contribution in [3.8, 4) is 0 Å². The third-order valence-electron chi connectivity index (χ3n) is 3.26. The summed E-state index contributed by atoms with van der Waals surface area (Å²) in [6.07, 6.45) is -0.110. The number of halogens is 1. The molecule has 0 amide bonds. The standard InChI is InChI=1S/C15H13BrO2/c16-12-7-5-10(6-8-12)14-9-11-3-1-2-4-13(11)15(17)18-14/h1-8,14-15,17H,9H2. The number of hydrogen-bond acceptors (Lipinski definition) is 2. The summed E-state index contributed by atoms with van der Waals surface area (Å²) in [6, 6.07) is 15.9. The van der Waals surface area contributed by atoms with Crippen LogP contribution in [0.1, 0.15) is 29.1 Å². The van der Waals surface area contributed by atoms with Gasteiger partial charge in [0.25, 0.3) is 0 Å². The van der Waals surface area contributed by atoms with E-state index in [9.17, 15) is 5.11 Å². The third kappa shape index (κ3) is 2.21. The van der Waals surface area contributed by atoms with E-state index in [0.29, 0.717) is 0 Å². The maximum absolute atomic E-state index is 10.0. The minimum atomic E-state index is -0.830. The van der Waals surface area contributed by atoms with Crippen LogP contribution in [0, 0.1) is 0 Å². The van der Waals surface area contributed by atoms with E-state index in [1.807, 2.05) is 48.5 Å². The topological polar surface area (TPSA) is 29.5 Å². The summed E-state index contributed by atoms with van der Waals surface area (Å²) >= 11 is 3.42. The van der Waals surface area contributed by atoms with Crippen LogP contribution in [-0.2, 0) is 11.2 Å². The Kier molecular flexibility index (Phi) is 3.20. The largest absolute Gasteiger partial charge is 0.364 e. The highest BCUT2D eigenvalue weighted by Gasteiger charge is 2.26. The Bertz CT molecular complexity index is 551. The molecule has 0 fully saturated rings. The molecule has 92 valence electrons. The zero-order valence-corrected chi connectivity index (χ0v) is 11.3. The van der Waals surface area contributed by atoms with Gasteiger partial charge in [0.15, 0.2) is 6.29 Å². The predicted molar refractivity (Wildman–Crippen MR) is 73.1 cm³/mol. The molecule has 3 rings (SSSR count). The maximum Gasteiger partial charge on any atom is 0.182 e. The van der Waals surface area contributed by atoms with Gasteiger partial charge in [-0.05, 0) is 23.3 Å². The van der Waals surface area contributed by atoms with Gasteiger partial charge >= 0.3 is 0 Å². The molecule has 2 unspecified atom stereocenters. The minimum absolute atomic E-state index is 0.0806. The molecule has 2 nitrogen and oxygen atoms in total. The van der Waals surface area contributed by atoms with Crippen molar-refractivity contribution in [2.45, 2.75) is 18.8 Å². The first-order chi connectivity index (χ1) is 8.74. The fourth-order valence-corrected chi connectivity index (χ4v) is 2.58. The van der Waals surface area contributed by atoms with Gasteiger partial charge in [-0.1, -0.05) is 52.3 Å². The Morgan fingerprint density at radius 2 is 1.78 bits per heavy atom. The van der Waals surface area contributed by atoms with Crippen LogP contribution in [0.5, 0.6) is 0 Å². The number of rotatable bonds is 1. The molecule has 1 N–H and O–H groups in total. The monoisotopic (exact) mass is 304 g/mol. The Balaban J connectivity index is 1.92. The van der Waals surface area contributed by atoms with E-state index in [1.165, 1.54) is 0 Å². The second-order valence-electron chi connectivity index (χ2n) is 4.43. The van der Waals surface area contributed by atoms with Crippen molar-refractivity contribution in [3.63, 3.8) is 0 Å². The van der Waals surface area contributed by atoms with E-state index in [1.54, 1.807) is 0 Å². The van der Waals surface area contributed by atoms with Crippen LogP contribution < -0.4 is 0 Å². The Hall–Kier alpha value is -1.16. The lowest BCUT2D eigenvalue weighted by molar-refractivity contribution is -0.151. The summed E-state index contributed by atoms with van der Waals surface area (Å²) in [5, 5.41) is 10.0. The number of benzene rings is 2. The molecule has 3 heteroatoms. The van der Waals surface area contributed by atoms with Gasteiger partial charge in [0, 0.05) is 16.5 Å². The van der Waals surface area contributed by atoms with Crippen molar-refractivity contribution in [1.29, 1.82) is 0 Å². The first-order valence-corrected chi connectivity index (χ1v) is 6.70. The highest BCUT2D eigenvalue weighted by atomic mass is 79.9. The van der Waals surface area contributed by atoms with E-state index in [0.717, 1.165) is 27.6 Å². The van der Waals surface area contributed by atoms with Crippen LogP contribution in [0.25, 0.3) is 0 Å². The summed E-state index contributed by atoms with van der Waals surface area (Å²) in [6.45, 7) is 0.